The van der Waals surface area contributed by atoms with Gasteiger partial charge >= 0.3 is 0 Å². The van der Waals surface area contributed by atoms with Crippen LogP contribution in [0.4, 0.5) is 0 Å². The lowest BCUT2D eigenvalue weighted by molar-refractivity contribution is -0.187. The summed E-state index contributed by atoms with van der Waals surface area (Å²) in [6.07, 6.45) is 5.49. The van der Waals surface area contributed by atoms with Gasteiger partial charge < -0.3 is 15.1 Å². The zero-order chi connectivity index (χ0) is 16.2. The van der Waals surface area contributed by atoms with Crippen molar-refractivity contribution in [2.45, 2.75) is 31.5 Å². The van der Waals surface area contributed by atoms with Gasteiger partial charge in [-0.2, -0.15) is 0 Å². The van der Waals surface area contributed by atoms with E-state index in [0.717, 1.165) is 0 Å². The number of hydrogen-bond donors (Lipinski definition) is 2. The normalized spacial score (nSPS) is 26.5. The van der Waals surface area contributed by atoms with Gasteiger partial charge in [0.2, 0.25) is 5.78 Å². The van der Waals surface area contributed by atoms with Crippen molar-refractivity contribution in [1.29, 1.82) is 0 Å². The number of rotatable bonds is 1. The molecule has 4 rings (SSSR count). The van der Waals surface area contributed by atoms with Crippen molar-refractivity contribution >= 4 is 23.3 Å². The summed E-state index contributed by atoms with van der Waals surface area (Å²) in [4.78, 5) is 22.6. The lowest BCUT2D eigenvalue weighted by Crippen LogP contribution is -2.61. The Hall–Kier alpha value is -1.70. The smallest absolute Gasteiger partial charge is 0.274 e. The summed E-state index contributed by atoms with van der Waals surface area (Å²) in [5.74, 6) is 0.265. The number of amides is 1. The number of nitrogens with zero attached hydrogens (tertiary/aromatic N) is 4. The zero-order valence-corrected chi connectivity index (χ0v) is 13.1. The molecule has 7 nitrogen and oxygen atoms in total. The Bertz CT molecular complexity index is 759. The van der Waals surface area contributed by atoms with Gasteiger partial charge in [-0.25, -0.2) is 9.97 Å². The number of fused-ring (bicyclic) bond motifs is 1. The van der Waals surface area contributed by atoms with Crippen molar-refractivity contribution in [3.8, 4) is 0 Å². The molecular formula is C15H17ClN4O3. The van der Waals surface area contributed by atoms with E-state index in [1.54, 1.807) is 21.7 Å². The second-order valence-corrected chi connectivity index (χ2v) is 6.83. The number of piperidine rings is 1. The average molecular weight is 337 g/mol. The zero-order valence-electron chi connectivity index (χ0n) is 12.4. The minimum Gasteiger partial charge on any atom is -0.392 e. The van der Waals surface area contributed by atoms with E-state index in [9.17, 15) is 15.0 Å². The maximum absolute atomic E-state index is 12.6. The predicted octanol–water partition coefficient (Wildman–Crippen LogP) is 0.731. The second-order valence-electron chi connectivity index (χ2n) is 6.40. The van der Waals surface area contributed by atoms with Crippen LogP contribution in [0.2, 0.25) is 5.02 Å². The fourth-order valence-electron chi connectivity index (χ4n) is 3.66. The molecule has 2 fully saturated rings. The van der Waals surface area contributed by atoms with Gasteiger partial charge in [-0.15, -0.1) is 0 Å². The van der Waals surface area contributed by atoms with E-state index in [2.05, 4.69) is 9.97 Å². The molecule has 0 aromatic carbocycles. The Morgan fingerprint density at radius 3 is 2.61 bits per heavy atom. The minimum absolute atomic E-state index is 0.162. The molecule has 23 heavy (non-hydrogen) atoms. The van der Waals surface area contributed by atoms with Crippen LogP contribution in [0.3, 0.4) is 0 Å². The van der Waals surface area contributed by atoms with Gasteiger partial charge in [0.15, 0.2) is 0 Å². The van der Waals surface area contributed by atoms with Crippen LogP contribution in [0, 0.1) is 5.41 Å². The predicted molar refractivity (Wildman–Crippen MR) is 82.2 cm³/mol. The van der Waals surface area contributed by atoms with Crippen LogP contribution in [0.5, 0.6) is 0 Å². The lowest BCUT2D eigenvalue weighted by Gasteiger charge is -2.54. The van der Waals surface area contributed by atoms with Gasteiger partial charge in [-0.3, -0.25) is 9.20 Å². The summed E-state index contributed by atoms with van der Waals surface area (Å²) >= 11 is 5.88. The Kier molecular flexibility index (Phi) is 3.33. The van der Waals surface area contributed by atoms with Crippen LogP contribution >= 0.6 is 11.6 Å². The molecule has 2 aromatic rings. The first-order valence-electron chi connectivity index (χ1n) is 7.65. The molecule has 0 bridgehead atoms. The van der Waals surface area contributed by atoms with E-state index in [-0.39, 0.29) is 5.91 Å². The highest BCUT2D eigenvalue weighted by Crippen LogP contribution is 2.49. The molecule has 1 spiro atoms. The van der Waals surface area contributed by atoms with Gasteiger partial charge in [0.25, 0.3) is 5.91 Å². The lowest BCUT2D eigenvalue weighted by atomic mass is 9.58. The number of aliphatic hydroxyl groups is 2. The second kappa shape index (κ2) is 5.15. The van der Waals surface area contributed by atoms with Crippen molar-refractivity contribution in [2.75, 3.05) is 13.1 Å². The molecule has 1 saturated carbocycles. The number of aromatic nitrogens is 3. The number of halogens is 1. The molecule has 0 radical (unpaired) electrons. The standard InChI is InChI=1S/C15H17ClN4O3/c16-9-6-17-14-18-10(8-20(14)7-9)13(23)19-3-1-15(2-4-19)11(21)5-12(15)22/h6-8,11-12,21-22H,1-5H2/t11-,12+. The fraction of sp³-hybridized carbons (Fsp3) is 0.533. The van der Waals surface area contributed by atoms with E-state index < -0.39 is 17.6 Å². The Morgan fingerprint density at radius 2 is 1.96 bits per heavy atom. The first-order chi connectivity index (χ1) is 11.0. The highest BCUT2D eigenvalue weighted by molar-refractivity contribution is 6.30. The van der Waals surface area contributed by atoms with Gasteiger partial charge in [0.1, 0.15) is 5.69 Å². The summed E-state index contributed by atoms with van der Waals surface area (Å²) in [5, 5.41) is 20.4. The third-order valence-corrected chi connectivity index (χ3v) is 5.45. The van der Waals surface area contributed by atoms with Crippen molar-refractivity contribution in [1.82, 2.24) is 19.3 Å². The van der Waals surface area contributed by atoms with E-state index in [4.69, 9.17) is 11.6 Å². The number of imidazole rings is 1. The highest BCUT2D eigenvalue weighted by Gasteiger charge is 2.55. The summed E-state index contributed by atoms with van der Waals surface area (Å²) in [6.45, 7) is 1.02. The SMILES string of the molecule is O=C(c1cn2cc(Cl)cnc2n1)N1CCC2(CC1)[C@H](O)C[C@@H]2O. The molecule has 2 aliphatic rings. The van der Waals surface area contributed by atoms with Gasteiger partial charge in [-0.1, -0.05) is 11.6 Å². The number of carbonyl (C=O) groups excluding carboxylic acids is 1. The summed E-state index contributed by atoms with van der Waals surface area (Å²) in [6, 6.07) is 0. The monoisotopic (exact) mass is 336 g/mol. The van der Waals surface area contributed by atoms with Crippen LogP contribution in [-0.4, -0.2) is 60.7 Å². The molecule has 2 atom stereocenters. The highest BCUT2D eigenvalue weighted by atomic mass is 35.5. The molecule has 122 valence electrons. The quantitative estimate of drug-likeness (QED) is 0.801. The first kappa shape index (κ1) is 14.9. The molecule has 0 unspecified atom stereocenters. The molecule has 1 aliphatic heterocycles. The van der Waals surface area contributed by atoms with Crippen LogP contribution < -0.4 is 0 Å². The number of aliphatic hydroxyl groups excluding tert-OH is 2. The average Bonchev–Trinajstić information content (AvgIpc) is 2.97. The molecule has 1 saturated heterocycles. The largest absolute Gasteiger partial charge is 0.392 e. The summed E-state index contributed by atoms with van der Waals surface area (Å²) < 4.78 is 1.63. The molecule has 3 heterocycles. The third kappa shape index (κ3) is 2.22. The molecule has 8 heteroatoms. The maximum atomic E-state index is 12.6. The first-order valence-corrected chi connectivity index (χ1v) is 8.03. The van der Waals surface area contributed by atoms with Crippen LogP contribution in [0.1, 0.15) is 29.8 Å². The van der Waals surface area contributed by atoms with Gasteiger partial charge in [0, 0.05) is 37.3 Å². The summed E-state index contributed by atoms with van der Waals surface area (Å²) in [5.41, 5.74) is -0.101. The Morgan fingerprint density at radius 1 is 1.26 bits per heavy atom. The van der Waals surface area contributed by atoms with Crippen LogP contribution in [-0.2, 0) is 0 Å². The van der Waals surface area contributed by atoms with Crippen molar-refractivity contribution < 1.29 is 15.0 Å². The molecule has 2 aromatic heterocycles. The van der Waals surface area contributed by atoms with Gasteiger partial charge in [0.05, 0.1) is 23.4 Å². The maximum Gasteiger partial charge on any atom is 0.274 e. The molecule has 2 N–H and O–H groups in total. The van der Waals surface area contributed by atoms with E-state index >= 15 is 0 Å². The fourth-order valence-corrected chi connectivity index (χ4v) is 3.81. The molecule has 1 amide bonds. The van der Waals surface area contributed by atoms with Gasteiger partial charge in [-0.05, 0) is 12.8 Å². The van der Waals surface area contributed by atoms with Crippen LogP contribution in [0.25, 0.3) is 5.78 Å². The number of hydrogen-bond acceptors (Lipinski definition) is 5. The number of likely N-dealkylation sites (tertiary alicyclic amines) is 1. The van der Waals surface area contributed by atoms with Crippen LogP contribution in [0.15, 0.2) is 18.6 Å². The molecular weight excluding hydrogens is 320 g/mol. The Labute approximate surface area is 137 Å². The van der Waals surface area contributed by atoms with E-state index in [1.165, 1.54) is 6.20 Å². The molecule has 1 aliphatic carbocycles. The number of carbonyl (C=O) groups is 1. The van der Waals surface area contributed by atoms with Crippen molar-refractivity contribution in [2.24, 2.45) is 5.41 Å². The van der Waals surface area contributed by atoms with Crippen molar-refractivity contribution in [3.05, 3.63) is 29.3 Å². The van der Waals surface area contributed by atoms with E-state index in [0.29, 0.717) is 48.8 Å². The third-order valence-electron chi connectivity index (χ3n) is 5.25. The van der Waals surface area contributed by atoms with Crippen molar-refractivity contribution in [3.63, 3.8) is 0 Å². The van der Waals surface area contributed by atoms with E-state index in [1.807, 2.05) is 0 Å². The topological polar surface area (TPSA) is 91.0 Å². The Balaban J connectivity index is 1.51. The summed E-state index contributed by atoms with van der Waals surface area (Å²) in [7, 11) is 0. The minimum atomic E-state index is -0.462.